The van der Waals surface area contributed by atoms with Gasteiger partial charge < -0.3 is 19.1 Å². The van der Waals surface area contributed by atoms with Crippen LogP contribution < -0.4 is 0 Å². The highest BCUT2D eigenvalue weighted by molar-refractivity contribution is 6.31. The monoisotopic (exact) mass is 488 g/mol. The highest BCUT2D eigenvalue weighted by Crippen LogP contribution is 2.21. The van der Waals surface area contributed by atoms with E-state index in [1.165, 1.54) is 0 Å². The van der Waals surface area contributed by atoms with Crippen molar-refractivity contribution in [3.8, 4) is 0 Å². The molecule has 2 aromatic carbocycles. The van der Waals surface area contributed by atoms with E-state index in [9.17, 15) is 5.11 Å². The minimum atomic E-state index is -0.669. The lowest BCUT2D eigenvalue weighted by molar-refractivity contribution is -0.00955. The summed E-state index contributed by atoms with van der Waals surface area (Å²) in [4.78, 5) is 7.85. The average Bonchev–Trinajstić information content (AvgIpc) is 3.47. The molecule has 0 saturated carbocycles. The molecule has 0 radical (unpaired) electrons. The summed E-state index contributed by atoms with van der Waals surface area (Å²) in [5, 5.41) is 16.2. The lowest BCUT2D eigenvalue weighted by Crippen LogP contribution is -2.39. The normalized spacial score (nSPS) is 16.6. The summed E-state index contributed by atoms with van der Waals surface area (Å²) in [6, 6.07) is 18.9. The van der Waals surface area contributed by atoms with Crippen molar-refractivity contribution < 1.29 is 19.1 Å². The summed E-state index contributed by atoms with van der Waals surface area (Å²) in [7, 11) is 0. The molecule has 1 aliphatic rings. The molecule has 4 rings (SSSR count). The number of rotatable bonds is 11. The minimum Gasteiger partial charge on any atom is -0.467 e. The Bertz CT molecular complexity index is 1040. The smallest absolute Gasteiger partial charge is 0.145 e. The van der Waals surface area contributed by atoms with Gasteiger partial charge in [0.2, 0.25) is 0 Å². The van der Waals surface area contributed by atoms with Crippen molar-refractivity contribution in [2.75, 3.05) is 19.7 Å². The van der Waals surface area contributed by atoms with Crippen LogP contribution in [0.3, 0.4) is 0 Å². The van der Waals surface area contributed by atoms with Crippen LogP contribution in [0.2, 0.25) is 10.0 Å². The number of hydrogen-bond acceptors (Lipinski definition) is 6. The molecule has 1 aliphatic heterocycles. The fourth-order valence-corrected chi connectivity index (χ4v) is 4.10. The number of furan rings is 1. The number of hydrogen-bond donors (Lipinski definition) is 1. The number of ether oxygens (including phenoxy) is 1. The van der Waals surface area contributed by atoms with Gasteiger partial charge in [0, 0.05) is 36.1 Å². The Hall–Kier alpha value is -2.35. The van der Waals surface area contributed by atoms with Gasteiger partial charge in [0.05, 0.1) is 24.7 Å². The van der Waals surface area contributed by atoms with E-state index in [1.807, 2.05) is 60.7 Å². The number of aliphatic hydroxyl groups is 1. The second kappa shape index (κ2) is 11.7. The molecular weight excluding hydrogens is 463 g/mol. The topological polar surface area (TPSA) is 67.4 Å². The maximum Gasteiger partial charge on any atom is 0.145 e. The van der Waals surface area contributed by atoms with Gasteiger partial charge in [-0.25, -0.2) is 0 Å². The van der Waals surface area contributed by atoms with Crippen LogP contribution in [0.4, 0.5) is 0 Å². The Kier molecular flexibility index (Phi) is 8.42. The molecule has 3 aromatic rings. The average molecular weight is 489 g/mol. The van der Waals surface area contributed by atoms with E-state index in [1.54, 1.807) is 6.26 Å². The van der Waals surface area contributed by atoms with Gasteiger partial charge in [-0.2, -0.15) is 0 Å². The van der Waals surface area contributed by atoms with Crippen LogP contribution in [-0.2, 0) is 22.7 Å². The van der Waals surface area contributed by atoms with E-state index < -0.39 is 6.10 Å². The van der Waals surface area contributed by atoms with Gasteiger partial charge in [-0.15, -0.1) is 0 Å². The van der Waals surface area contributed by atoms with E-state index in [0.29, 0.717) is 42.7 Å². The van der Waals surface area contributed by atoms with Crippen molar-refractivity contribution in [3.05, 3.63) is 93.9 Å². The van der Waals surface area contributed by atoms with Gasteiger partial charge >= 0.3 is 0 Å². The van der Waals surface area contributed by atoms with E-state index in [-0.39, 0.29) is 12.7 Å². The molecule has 33 heavy (non-hydrogen) atoms. The number of nitrogens with zero attached hydrogens (tertiary/aromatic N) is 2. The molecule has 1 N–H and O–H groups in total. The fourth-order valence-electron chi connectivity index (χ4n) is 3.77. The van der Waals surface area contributed by atoms with E-state index in [4.69, 9.17) is 37.2 Å². The SMILES string of the molecule is O[C@@H](COCc1ccco1)CN(Cc1cccc(Cl)c1)C[C@@H]1CC(c2ccc(Cl)cc2)=NO1. The zero-order valence-electron chi connectivity index (χ0n) is 18.1. The first-order valence-electron chi connectivity index (χ1n) is 10.8. The van der Waals surface area contributed by atoms with Gasteiger partial charge in [-0.05, 0) is 47.5 Å². The Morgan fingerprint density at radius 3 is 2.70 bits per heavy atom. The third kappa shape index (κ3) is 7.32. The lowest BCUT2D eigenvalue weighted by atomic mass is 10.0. The number of halogens is 2. The van der Waals surface area contributed by atoms with Crippen LogP contribution in [0, 0.1) is 0 Å². The predicted molar refractivity (Wildman–Crippen MR) is 129 cm³/mol. The first-order valence-corrected chi connectivity index (χ1v) is 11.5. The van der Waals surface area contributed by atoms with Gasteiger partial charge in [-0.3, -0.25) is 4.90 Å². The maximum atomic E-state index is 10.6. The van der Waals surface area contributed by atoms with Crippen LogP contribution in [0.5, 0.6) is 0 Å². The van der Waals surface area contributed by atoms with Gasteiger partial charge in [-0.1, -0.05) is 52.6 Å². The quantitative estimate of drug-likeness (QED) is 0.403. The highest BCUT2D eigenvalue weighted by atomic mass is 35.5. The third-order valence-electron chi connectivity index (χ3n) is 5.27. The van der Waals surface area contributed by atoms with Crippen LogP contribution in [0.15, 0.2) is 76.5 Å². The molecule has 0 spiro atoms. The molecule has 0 bridgehead atoms. The molecule has 2 heterocycles. The zero-order valence-corrected chi connectivity index (χ0v) is 19.6. The van der Waals surface area contributed by atoms with Crippen molar-refractivity contribution >= 4 is 28.9 Å². The molecule has 0 unspecified atom stereocenters. The highest BCUT2D eigenvalue weighted by Gasteiger charge is 2.26. The summed E-state index contributed by atoms with van der Waals surface area (Å²) < 4.78 is 10.9. The Labute approximate surface area is 203 Å². The molecule has 0 aliphatic carbocycles. The second-order valence-corrected chi connectivity index (χ2v) is 8.92. The summed E-state index contributed by atoms with van der Waals surface area (Å²) in [5.74, 6) is 0.726. The largest absolute Gasteiger partial charge is 0.467 e. The van der Waals surface area contributed by atoms with Crippen LogP contribution in [0.25, 0.3) is 0 Å². The fraction of sp³-hybridized carbons (Fsp3) is 0.320. The third-order valence-corrected chi connectivity index (χ3v) is 5.76. The van der Waals surface area contributed by atoms with Crippen LogP contribution in [-0.4, -0.2) is 47.6 Å². The first kappa shape index (κ1) is 23.8. The van der Waals surface area contributed by atoms with Crippen LogP contribution in [0.1, 0.15) is 23.3 Å². The Morgan fingerprint density at radius 1 is 1.09 bits per heavy atom. The minimum absolute atomic E-state index is 0.119. The molecule has 0 fully saturated rings. The van der Waals surface area contributed by atoms with Gasteiger partial charge in [0.25, 0.3) is 0 Å². The van der Waals surface area contributed by atoms with E-state index in [0.717, 1.165) is 22.6 Å². The second-order valence-electron chi connectivity index (χ2n) is 8.05. The summed E-state index contributed by atoms with van der Waals surface area (Å²) in [6.45, 7) is 2.16. The molecule has 0 saturated heterocycles. The maximum absolute atomic E-state index is 10.6. The summed E-state index contributed by atoms with van der Waals surface area (Å²) >= 11 is 12.2. The zero-order chi connectivity index (χ0) is 23.0. The van der Waals surface area contributed by atoms with E-state index in [2.05, 4.69) is 10.1 Å². The molecule has 1 aromatic heterocycles. The van der Waals surface area contributed by atoms with Crippen molar-refractivity contribution in [3.63, 3.8) is 0 Å². The number of oxime groups is 1. The summed E-state index contributed by atoms with van der Waals surface area (Å²) in [6.07, 6.45) is 1.49. The van der Waals surface area contributed by atoms with Crippen molar-refractivity contribution in [1.82, 2.24) is 4.90 Å². The van der Waals surface area contributed by atoms with Crippen molar-refractivity contribution in [2.45, 2.75) is 31.8 Å². The molecule has 174 valence electrons. The molecule has 2 atom stereocenters. The predicted octanol–water partition coefficient (Wildman–Crippen LogP) is 5.16. The number of aliphatic hydroxyl groups excluding tert-OH is 1. The first-order chi connectivity index (χ1) is 16.0. The molecule has 6 nitrogen and oxygen atoms in total. The van der Waals surface area contributed by atoms with Crippen LogP contribution >= 0.6 is 23.2 Å². The lowest BCUT2D eigenvalue weighted by Gasteiger charge is -2.27. The number of benzene rings is 2. The Balaban J connectivity index is 1.34. The van der Waals surface area contributed by atoms with E-state index >= 15 is 0 Å². The van der Waals surface area contributed by atoms with Gasteiger partial charge in [0.15, 0.2) is 0 Å². The standard InChI is InChI=1S/C25H26Cl2N2O4/c26-20-8-6-19(7-9-20)25-12-24(33-28-25)15-29(13-18-3-1-4-21(27)11-18)14-22(30)16-31-17-23-5-2-10-32-23/h1-11,22,24,30H,12-17H2/t22-,24+/m1/s1. The summed E-state index contributed by atoms with van der Waals surface area (Å²) in [5.41, 5.74) is 2.94. The Morgan fingerprint density at radius 2 is 1.94 bits per heavy atom. The van der Waals surface area contributed by atoms with Crippen molar-refractivity contribution in [2.24, 2.45) is 5.16 Å². The molecule has 8 heteroatoms. The van der Waals surface area contributed by atoms with Crippen molar-refractivity contribution in [1.29, 1.82) is 0 Å². The molecule has 0 amide bonds. The van der Waals surface area contributed by atoms with Gasteiger partial charge in [0.1, 0.15) is 18.5 Å². The molecular formula is C25H26Cl2N2O4.